The molecule has 0 aliphatic heterocycles. The van der Waals surface area contributed by atoms with Gasteiger partial charge in [-0.2, -0.15) is 0 Å². The Hall–Kier alpha value is -0.690. The molecule has 4 aliphatic carbocycles. The number of hydrogen-bond acceptors (Lipinski definition) is 5. The molecule has 13 unspecified atom stereocenters. The molecule has 0 bridgehead atoms. The highest BCUT2D eigenvalue weighted by Gasteiger charge is 2.65. The third kappa shape index (κ3) is 4.07. The summed E-state index contributed by atoms with van der Waals surface area (Å²) in [5, 5.41) is 52.7. The summed E-state index contributed by atoms with van der Waals surface area (Å²) in [7, 11) is 0. The van der Waals surface area contributed by atoms with Crippen LogP contribution in [0.3, 0.4) is 0 Å². The average Bonchev–Trinajstić information content (AvgIpc) is 3.10. The maximum Gasteiger partial charge on any atom is 0.306 e. The fraction of sp³-hybridized carbons (Fsp3) is 0.963. The van der Waals surface area contributed by atoms with Crippen LogP contribution in [-0.4, -0.2) is 55.9 Å². The molecular formula is C27H46O6. The van der Waals surface area contributed by atoms with E-state index in [2.05, 4.69) is 20.8 Å². The number of aliphatic hydroxyl groups is 4. The van der Waals surface area contributed by atoms with Gasteiger partial charge in [-0.15, -0.1) is 0 Å². The van der Waals surface area contributed by atoms with E-state index in [0.29, 0.717) is 49.4 Å². The third-order valence-corrected chi connectivity index (χ3v) is 11.3. The second-order valence-electron chi connectivity index (χ2n) is 12.8. The lowest BCUT2D eigenvalue weighted by molar-refractivity contribution is -0.217. The number of carbonyl (C=O) groups is 1. The summed E-state index contributed by atoms with van der Waals surface area (Å²) in [6.45, 7) is 8.50. The highest BCUT2D eigenvalue weighted by molar-refractivity contribution is 5.69. The van der Waals surface area contributed by atoms with Crippen molar-refractivity contribution in [2.24, 2.45) is 52.3 Å². The number of hydrogen-bond donors (Lipinski definition) is 5. The number of rotatable bonds is 6. The minimum absolute atomic E-state index is 0.0268. The molecule has 0 radical (unpaired) electrons. The summed E-state index contributed by atoms with van der Waals surface area (Å²) >= 11 is 0. The van der Waals surface area contributed by atoms with Gasteiger partial charge in [0, 0.05) is 0 Å². The quantitative estimate of drug-likeness (QED) is 0.409. The summed E-state index contributed by atoms with van der Waals surface area (Å²) in [5.41, 5.74) is -0.450. The zero-order chi connectivity index (χ0) is 24.3. The summed E-state index contributed by atoms with van der Waals surface area (Å²) in [6, 6.07) is 0. The van der Waals surface area contributed by atoms with Gasteiger partial charge < -0.3 is 25.5 Å². The molecule has 0 aromatic carbocycles. The highest BCUT2D eigenvalue weighted by Crippen LogP contribution is 2.68. The molecule has 5 N–H and O–H groups in total. The normalized spacial score (nSPS) is 51.2. The Morgan fingerprint density at radius 2 is 1.58 bits per heavy atom. The Morgan fingerprint density at radius 1 is 0.879 bits per heavy atom. The second-order valence-corrected chi connectivity index (χ2v) is 12.8. The second kappa shape index (κ2) is 9.07. The van der Waals surface area contributed by atoms with Crippen LogP contribution in [0.5, 0.6) is 0 Å². The van der Waals surface area contributed by atoms with Gasteiger partial charge in [-0.05, 0) is 91.3 Å². The Labute approximate surface area is 198 Å². The van der Waals surface area contributed by atoms with Crippen LogP contribution in [0.2, 0.25) is 0 Å². The monoisotopic (exact) mass is 466 g/mol. The topological polar surface area (TPSA) is 118 Å². The Kier molecular flexibility index (Phi) is 6.98. The van der Waals surface area contributed by atoms with E-state index >= 15 is 0 Å². The largest absolute Gasteiger partial charge is 0.481 e. The number of aliphatic hydroxyl groups excluding tert-OH is 4. The standard InChI is InChI=1S/C27H46O6/c1-14(6-5-7-15(2)25(32)33)17-8-9-18-16-10-21(28)20-11-22(29)23(30)13-26(20,3)19(16)12-24(31)27(17,18)4/h14-24,28-31H,5-13H2,1-4H3,(H,32,33). The van der Waals surface area contributed by atoms with Crippen molar-refractivity contribution in [1.29, 1.82) is 0 Å². The highest BCUT2D eigenvalue weighted by atomic mass is 16.4. The number of carboxylic acid groups (broad SMARTS) is 1. The minimum atomic E-state index is -0.770. The van der Waals surface area contributed by atoms with Gasteiger partial charge in [0.1, 0.15) is 0 Å². The van der Waals surface area contributed by atoms with Crippen LogP contribution >= 0.6 is 0 Å². The van der Waals surface area contributed by atoms with E-state index in [1.54, 1.807) is 6.92 Å². The number of aliphatic carboxylic acids is 1. The smallest absolute Gasteiger partial charge is 0.306 e. The van der Waals surface area contributed by atoms with Crippen molar-refractivity contribution < 1.29 is 30.3 Å². The fourth-order valence-electron chi connectivity index (χ4n) is 9.32. The molecule has 4 fully saturated rings. The Bertz CT molecular complexity index is 727. The molecule has 190 valence electrons. The van der Waals surface area contributed by atoms with Crippen molar-refractivity contribution in [3.05, 3.63) is 0 Å². The van der Waals surface area contributed by atoms with E-state index in [0.717, 1.165) is 32.1 Å². The minimum Gasteiger partial charge on any atom is -0.481 e. The van der Waals surface area contributed by atoms with Gasteiger partial charge in [0.25, 0.3) is 0 Å². The van der Waals surface area contributed by atoms with Crippen molar-refractivity contribution in [3.8, 4) is 0 Å². The van der Waals surface area contributed by atoms with Gasteiger partial charge in [-0.25, -0.2) is 0 Å². The summed E-state index contributed by atoms with van der Waals surface area (Å²) in [6.07, 6.45) is 4.69. The third-order valence-electron chi connectivity index (χ3n) is 11.3. The molecule has 0 aromatic heterocycles. The Morgan fingerprint density at radius 3 is 2.24 bits per heavy atom. The first-order chi connectivity index (χ1) is 15.4. The van der Waals surface area contributed by atoms with Crippen LogP contribution in [-0.2, 0) is 4.79 Å². The van der Waals surface area contributed by atoms with Crippen LogP contribution in [0.25, 0.3) is 0 Å². The molecule has 4 rings (SSSR count). The molecule has 4 saturated carbocycles. The molecule has 33 heavy (non-hydrogen) atoms. The maximum absolute atomic E-state index is 11.6. The van der Waals surface area contributed by atoms with Gasteiger partial charge in [-0.1, -0.05) is 40.5 Å². The summed E-state index contributed by atoms with van der Waals surface area (Å²) in [5.74, 6) is 0.706. The van der Waals surface area contributed by atoms with Gasteiger partial charge in [0.15, 0.2) is 0 Å². The molecule has 0 amide bonds. The lowest BCUT2D eigenvalue weighted by Gasteiger charge is -2.64. The fourth-order valence-corrected chi connectivity index (χ4v) is 9.32. The zero-order valence-electron chi connectivity index (χ0n) is 20.9. The number of fused-ring (bicyclic) bond motifs is 5. The predicted octanol–water partition coefficient (Wildman–Crippen LogP) is 3.45. The first-order valence-electron chi connectivity index (χ1n) is 13.4. The van der Waals surface area contributed by atoms with Gasteiger partial charge in [0.2, 0.25) is 0 Å². The van der Waals surface area contributed by atoms with Crippen molar-refractivity contribution in [1.82, 2.24) is 0 Å². The lowest BCUT2D eigenvalue weighted by Crippen LogP contribution is -2.63. The lowest BCUT2D eigenvalue weighted by atomic mass is 9.43. The Balaban J connectivity index is 1.52. The van der Waals surface area contributed by atoms with Crippen molar-refractivity contribution >= 4 is 5.97 Å². The molecule has 0 spiro atoms. The summed E-state index contributed by atoms with van der Waals surface area (Å²) in [4.78, 5) is 11.2. The van der Waals surface area contributed by atoms with Crippen molar-refractivity contribution in [3.63, 3.8) is 0 Å². The molecule has 0 heterocycles. The zero-order valence-corrected chi connectivity index (χ0v) is 20.9. The molecule has 0 saturated heterocycles. The van der Waals surface area contributed by atoms with Gasteiger partial charge in [0.05, 0.1) is 30.3 Å². The average molecular weight is 467 g/mol. The van der Waals surface area contributed by atoms with Crippen LogP contribution in [0.4, 0.5) is 0 Å². The van der Waals surface area contributed by atoms with E-state index in [1.165, 1.54) is 0 Å². The van der Waals surface area contributed by atoms with E-state index in [9.17, 15) is 30.3 Å². The molecule has 4 aliphatic rings. The van der Waals surface area contributed by atoms with E-state index in [-0.39, 0.29) is 28.6 Å². The van der Waals surface area contributed by atoms with Gasteiger partial charge in [-0.3, -0.25) is 4.79 Å². The predicted molar refractivity (Wildman–Crippen MR) is 125 cm³/mol. The van der Waals surface area contributed by atoms with E-state index in [4.69, 9.17) is 0 Å². The summed E-state index contributed by atoms with van der Waals surface area (Å²) < 4.78 is 0. The van der Waals surface area contributed by atoms with Crippen molar-refractivity contribution in [2.45, 2.75) is 110 Å². The maximum atomic E-state index is 11.6. The SMILES string of the molecule is CC(CCCC(C)C1CCC2C3CC(O)C4CC(O)C(O)CC4(C)C3CC(O)C12C)C(=O)O. The van der Waals surface area contributed by atoms with E-state index in [1.807, 2.05) is 0 Å². The van der Waals surface area contributed by atoms with E-state index < -0.39 is 30.4 Å². The molecule has 13 atom stereocenters. The molecular weight excluding hydrogens is 420 g/mol. The van der Waals surface area contributed by atoms with Crippen LogP contribution in [0.1, 0.15) is 85.5 Å². The van der Waals surface area contributed by atoms with Crippen LogP contribution in [0.15, 0.2) is 0 Å². The van der Waals surface area contributed by atoms with Gasteiger partial charge >= 0.3 is 5.97 Å². The van der Waals surface area contributed by atoms with Crippen LogP contribution in [0, 0.1) is 52.3 Å². The van der Waals surface area contributed by atoms with Crippen molar-refractivity contribution in [2.75, 3.05) is 0 Å². The molecule has 0 aromatic rings. The number of carboxylic acids is 1. The first-order valence-corrected chi connectivity index (χ1v) is 13.4. The molecule has 6 heteroatoms. The van der Waals surface area contributed by atoms with Crippen LogP contribution < -0.4 is 0 Å². The first kappa shape index (κ1) is 25.4. The molecule has 6 nitrogen and oxygen atoms in total.